The van der Waals surface area contributed by atoms with Gasteiger partial charge in [-0.05, 0) is 56.8 Å². The van der Waals surface area contributed by atoms with Crippen LogP contribution in [0.15, 0.2) is 29.8 Å². The molecule has 1 atom stereocenters. The van der Waals surface area contributed by atoms with Crippen LogP contribution in [0.1, 0.15) is 50.6 Å². The lowest BCUT2D eigenvalue weighted by Crippen LogP contribution is -2.20. The molecule has 3 heteroatoms. The van der Waals surface area contributed by atoms with Crippen LogP contribution in [0.25, 0.3) is 0 Å². The van der Waals surface area contributed by atoms with Crippen molar-refractivity contribution in [1.29, 1.82) is 0 Å². The summed E-state index contributed by atoms with van der Waals surface area (Å²) in [5.74, 6) is 1.76. The second-order valence-corrected chi connectivity index (χ2v) is 5.94. The molecule has 1 aromatic rings. The van der Waals surface area contributed by atoms with Crippen LogP contribution < -0.4 is 14.8 Å². The average Bonchev–Trinajstić information content (AvgIpc) is 2.90. The first kappa shape index (κ1) is 14.5. The van der Waals surface area contributed by atoms with Crippen LogP contribution in [0.5, 0.6) is 11.5 Å². The monoisotopic (exact) mass is 287 g/mol. The van der Waals surface area contributed by atoms with Crippen LogP contribution >= 0.6 is 0 Å². The van der Waals surface area contributed by atoms with Gasteiger partial charge in [-0.25, -0.2) is 0 Å². The maximum Gasteiger partial charge on any atom is 0.161 e. The SMILES string of the molecule is CC(NCCC1=CCCC1)c1ccc2c(c1)OCCCO2. The van der Waals surface area contributed by atoms with Crippen molar-refractivity contribution in [3.63, 3.8) is 0 Å². The Hall–Kier alpha value is -1.48. The summed E-state index contributed by atoms with van der Waals surface area (Å²) in [6.45, 7) is 4.74. The number of fused-ring (bicyclic) bond motifs is 1. The van der Waals surface area contributed by atoms with E-state index >= 15 is 0 Å². The summed E-state index contributed by atoms with van der Waals surface area (Å²) in [6, 6.07) is 6.63. The van der Waals surface area contributed by atoms with Gasteiger partial charge in [0.1, 0.15) is 0 Å². The zero-order valence-corrected chi connectivity index (χ0v) is 12.9. The van der Waals surface area contributed by atoms with Gasteiger partial charge in [-0.1, -0.05) is 17.7 Å². The number of rotatable bonds is 5. The molecule has 0 aromatic heterocycles. The number of allylic oxidation sites excluding steroid dienone is 1. The molecule has 1 N–H and O–H groups in total. The van der Waals surface area contributed by atoms with Crippen molar-refractivity contribution in [3.8, 4) is 11.5 Å². The Morgan fingerprint density at radius 2 is 2.00 bits per heavy atom. The fourth-order valence-electron chi connectivity index (χ4n) is 2.98. The van der Waals surface area contributed by atoms with Gasteiger partial charge in [-0.3, -0.25) is 0 Å². The van der Waals surface area contributed by atoms with Crippen LogP contribution in [0, 0.1) is 0 Å². The molecule has 3 rings (SSSR count). The van der Waals surface area contributed by atoms with E-state index in [4.69, 9.17) is 9.47 Å². The van der Waals surface area contributed by atoms with E-state index in [1.807, 2.05) is 6.07 Å². The first-order valence-corrected chi connectivity index (χ1v) is 8.14. The number of benzene rings is 1. The van der Waals surface area contributed by atoms with Crippen molar-refractivity contribution in [2.75, 3.05) is 19.8 Å². The normalized spacial score (nSPS) is 19.0. The smallest absolute Gasteiger partial charge is 0.161 e. The van der Waals surface area contributed by atoms with E-state index in [0.29, 0.717) is 6.04 Å². The largest absolute Gasteiger partial charge is 0.490 e. The summed E-state index contributed by atoms with van der Waals surface area (Å²) in [4.78, 5) is 0. The standard InChI is InChI=1S/C18H25NO2/c1-14(19-10-9-15-5-2-3-6-15)16-7-8-17-18(13-16)21-12-4-11-20-17/h5,7-8,13-14,19H,2-4,6,9-12H2,1H3. The third-order valence-electron chi connectivity index (χ3n) is 4.30. The second-order valence-electron chi connectivity index (χ2n) is 5.94. The topological polar surface area (TPSA) is 30.5 Å². The summed E-state index contributed by atoms with van der Waals surface area (Å²) in [5.41, 5.74) is 2.88. The van der Waals surface area contributed by atoms with Gasteiger partial charge in [0, 0.05) is 12.5 Å². The number of hydrogen-bond acceptors (Lipinski definition) is 3. The summed E-state index contributed by atoms with van der Waals surface area (Å²) < 4.78 is 11.4. The highest BCUT2D eigenvalue weighted by Gasteiger charge is 2.13. The minimum Gasteiger partial charge on any atom is -0.490 e. The Morgan fingerprint density at radius 1 is 1.14 bits per heavy atom. The summed E-state index contributed by atoms with van der Waals surface area (Å²) in [7, 11) is 0. The summed E-state index contributed by atoms with van der Waals surface area (Å²) in [6.07, 6.45) is 8.43. The van der Waals surface area contributed by atoms with Crippen LogP contribution in [0.3, 0.4) is 0 Å². The molecule has 0 radical (unpaired) electrons. The molecule has 1 aliphatic carbocycles. The molecule has 0 spiro atoms. The maximum absolute atomic E-state index is 5.76. The fourth-order valence-corrected chi connectivity index (χ4v) is 2.98. The molecule has 0 bridgehead atoms. The Balaban J connectivity index is 1.56. The lowest BCUT2D eigenvalue weighted by atomic mass is 10.1. The minimum absolute atomic E-state index is 0.337. The van der Waals surface area contributed by atoms with Crippen molar-refractivity contribution in [2.45, 2.75) is 45.1 Å². The minimum atomic E-state index is 0.337. The first-order chi connectivity index (χ1) is 10.3. The van der Waals surface area contributed by atoms with Crippen LogP contribution in [0.2, 0.25) is 0 Å². The summed E-state index contributed by atoms with van der Waals surface area (Å²) in [5, 5.41) is 3.61. The zero-order chi connectivity index (χ0) is 14.5. The molecule has 1 unspecified atom stereocenters. The van der Waals surface area contributed by atoms with Crippen LogP contribution in [0.4, 0.5) is 0 Å². The van der Waals surface area contributed by atoms with E-state index < -0.39 is 0 Å². The van der Waals surface area contributed by atoms with Gasteiger partial charge in [0.25, 0.3) is 0 Å². The Kier molecular flexibility index (Phi) is 4.81. The molecule has 1 aromatic carbocycles. The Bertz CT molecular complexity index is 510. The Labute approximate surface area is 127 Å². The molecule has 0 amide bonds. The number of nitrogens with one attached hydrogen (secondary N) is 1. The van der Waals surface area contributed by atoms with E-state index in [1.165, 1.54) is 31.2 Å². The first-order valence-electron chi connectivity index (χ1n) is 8.14. The van der Waals surface area contributed by atoms with Crippen molar-refractivity contribution >= 4 is 0 Å². The van der Waals surface area contributed by atoms with Gasteiger partial charge in [-0.2, -0.15) is 0 Å². The van der Waals surface area contributed by atoms with E-state index in [2.05, 4.69) is 30.4 Å². The molecule has 1 heterocycles. The average molecular weight is 287 g/mol. The van der Waals surface area contributed by atoms with Gasteiger partial charge in [-0.15, -0.1) is 0 Å². The molecule has 21 heavy (non-hydrogen) atoms. The van der Waals surface area contributed by atoms with Gasteiger partial charge >= 0.3 is 0 Å². The highest BCUT2D eigenvalue weighted by molar-refractivity contribution is 5.44. The molecule has 1 aliphatic heterocycles. The lowest BCUT2D eigenvalue weighted by molar-refractivity contribution is 0.297. The van der Waals surface area contributed by atoms with Crippen molar-refractivity contribution in [1.82, 2.24) is 5.32 Å². The third-order valence-corrected chi connectivity index (χ3v) is 4.30. The van der Waals surface area contributed by atoms with Crippen molar-refractivity contribution < 1.29 is 9.47 Å². The quantitative estimate of drug-likeness (QED) is 0.830. The van der Waals surface area contributed by atoms with Crippen LogP contribution in [-0.2, 0) is 0 Å². The van der Waals surface area contributed by atoms with E-state index in [1.54, 1.807) is 5.57 Å². The number of ether oxygens (including phenoxy) is 2. The van der Waals surface area contributed by atoms with E-state index in [0.717, 1.165) is 37.7 Å². The molecule has 2 aliphatic rings. The number of hydrogen-bond donors (Lipinski definition) is 1. The van der Waals surface area contributed by atoms with Crippen LogP contribution in [-0.4, -0.2) is 19.8 Å². The Morgan fingerprint density at radius 3 is 2.81 bits per heavy atom. The van der Waals surface area contributed by atoms with E-state index in [-0.39, 0.29) is 0 Å². The molecular weight excluding hydrogens is 262 g/mol. The predicted molar refractivity (Wildman–Crippen MR) is 85.0 cm³/mol. The maximum atomic E-state index is 5.76. The van der Waals surface area contributed by atoms with Gasteiger partial charge in [0.15, 0.2) is 11.5 Å². The van der Waals surface area contributed by atoms with Crippen molar-refractivity contribution in [3.05, 3.63) is 35.4 Å². The predicted octanol–water partition coefficient (Wildman–Crippen LogP) is 4.00. The molecule has 0 fully saturated rings. The van der Waals surface area contributed by atoms with Gasteiger partial charge in [0.2, 0.25) is 0 Å². The molecule has 3 nitrogen and oxygen atoms in total. The molecule has 0 saturated heterocycles. The van der Waals surface area contributed by atoms with Gasteiger partial charge < -0.3 is 14.8 Å². The summed E-state index contributed by atoms with van der Waals surface area (Å²) >= 11 is 0. The van der Waals surface area contributed by atoms with Crippen molar-refractivity contribution in [2.24, 2.45) is 0 Å². The highest BCUT2D eigenvalue weighted by Crippen LogP contribution is 2.32. The lowest BCUT2D eigenvalue weighted by Gasteiger charge is -2.16. The molecule has 114 valence electrons. The second kappa shape index (κ2) is 6.99. The molecule has 0 saturated carbocycles. The van der Waals surface area contributed by atoms with Gasteiger partial charge in [0.05, 0.1) is 13.2 Å². The highest BCUT2D eigenvalue weighted by atomic mass is 16.5. The third kappa shape index (κ3) is 3.79. The molecular formula is C18H25NO2. The van der Waals surface area contributed by atoms with E-state index in [9.17, 15) is 0 Å². The fraction of sp³-hybridized carbons (Fsp3) is 0.556. The zero-order valence-electron chi connectivity index (χ0n) is 12.9.